The third kappa shape index (κ3) is 2.82. The van der Waals surface area contributed by atoms with Crippen LogP contribution in [-0.4, -0.2) is 11.1 Å². The highest BCUT2D eigenvalue weighted by atomic mass is 35.5. The number of nitrogen functional groups attached to an aromatic ring is 1. The number of nitrogens with one attached hydrogen (secondary N) is 1. The summed E-state index contributed by atoms with van der Waals surface area (Å²) in [5.41, 5.74) is 7.78. The fraction of sp³-hybridized carbons (Fsp3) is 0. The summed E-state index contributed by atoms with van der Waals surface area (Å²) in [7, 11) is 0. The predicted molar refractivity (Wildman–Crippen MR) is 77.3 cm³/mol. The molecule has 0 unspecified atom stereocenters. The van der Waals surface area contributed by atoms with Gasteiger partial charge in [0.1, 0.15) is 0 Å². The van der Waals surface area contributed by atoms with E-state index in [-0.39, 0.29) is 5.56 Å². The van der Waals surface area contributed by atoms with Crippen LogP contribution in [-0.2, 0) is 0 Å². The van der Waals surface area contributed by atoms with Crippen LogP contribution in [0, 0.1) is 11.3 Å². The standard InChI is InChI=1S/C14H10ClN3O2/c15-10-5-8(7-16)1-3-12(10)18-13-4-2-9(14(19)20)6-11(13)17/h1-6,18H,17H2,(H,19,20). The number of aromatic carboxylic acids is 1. The highest BCUT2D eigenvalue weighted by Gasteiger charge is 2.08. The number of nitrogens with zero attached hydrogens (tertiary/aromatic N) is 1. The molecule has 4 N–H and O–H groups in total. The molecule has 0 amide bonds. The normalized spacial score (nSPS) is 9.80. The van der Waals surface area contributed by atoms with Gasteiger partial charge in [-0.15, -0.1) is 0 Å². The van der Waals surface area contributed by atoms with E-state index >= 15 is 0 Å². The first-order valence-corrected chi connectivity index (χ1v) is 5.98. The molecule has 0 radical (unpaired) electrons. The van der Waals surface area contributed by atoms with Crippen molar-refractivity contribution in [1.29, 1.82) is 5.26 Å². The Morgan fingerprint density at radius 2 is 1.95 bits per heavy atom. The van der Waals surface area contributed by atoms with Gasteiger partial charge in [0.25, 0.3) is 0 Å². The number of nitriles is 1. The fourth-order valence-corrected chi connectivity index (χ4v) is 1.87. The molecular weight excluding hydrogens is 278 g/mol. The van der Waals surface area contributed by atoms with E-state index in [1.54, 1.807) is 18.2 Å². The minimum absolute atomic E-state index is 0.110. The Hall–Kier alpha value is -2.71. The first kappa shape index (κ1) is 13.7. The van der Waals surface area contributed by atoms with Crippen molar-refractivity contribution in [2.75, 3.05) is 11.1 Å². The zero-order valence-corrected chi connectivity index (χ0v) is 11.0. The summed E-state index contributed by atoms with van der Waals surface area (Å²) in [6, 6.07) is 11.2. The van der Waals surface area contributed by atoms with Gasteiger partial charge in [-0.1, -0.05) is 11.6 Å². The molecule has 5 nitrogen and oxygen atoms in total. The number of carboxylic acids is 1. The molecule has 0 atom stereocenters. The number of benzene rings is 2. The Morgan fingerprint density at radius 3 is 2.50 bits per heavy atom. The lowest BCUT2D eigenvalue weighted by atomic mass is 10.1. The van der Waals surface area contributed by atoms with Crippen LogP contribution in [0.5, 0.6) is 0 Å². The van der Waals surface area contributed by atoms with E-state index < -0.39 is 5.97 Å². The quantitative estimate of drug-likeness (QED) is 0.753. The zero-order valence-electron chi connectivity index (χ0n) is 10.2. The van der Waals surface area contributed by atoms with Crippen molar-refractivity contribution in [1.82, 2.24) is 0 Å². The number of hydrogen-bond acceptors (Lipinski definition) is 4. The summed E-state index contributed by atoms with van der Waals surface area (Å²) in [6.45, 7) is 0. The molecule has 0 saturated carbocycles. The average molecular weight is 288 g/mol. The topological polar surface area (TPSA) is 99.1 Å². The fourth-order valence-electron chi connectivity index (χ4n) is 1.64. The van der Waals surface area contributed by atoms with Crippen molar-refractivity contribution in [3.8, 4) is 6.07 Å². The van der Waals surface area contributed by atoms with Crippen LogP contribution in [0.1, 0.15) is 15.9 Å². The van der Waals surface area contributed by atoms with Crippen LogP contribution >= 0.6 is 11.6 Å². The second-order valence-corrected chi connectivity index (χ2v) is 4.45. The van der Waals surface area contributed by atoms with Gasteiger partial charge in [-0.3, -0.25) is 0 Å². The van der Waals surface area contributed by atoms with Gasteiger partial charge in [0.05, 0.1) is 39.3 Å². The molecule has 100 valence electrons. The summed E-state index contributed by atoms with van der Waals surface area (Å²) in [5, 5.41) is 21.0. The van der Waals surface area contributed by atoms with Gasteiger partial charge in [0.15, 0.2) is 0 Å². The number of carbonyl (C=O) groups is 1. The smallest absolute Gasteiger partial charge is 0.335 e. The van der Waals surface area contributed by atoms with Gasteiger partial charge >= 0.3 is 5.97 Å². The average Bonchev–Trinajstić information content (AvgIpc) is 2.42. The van der Waals surface area contributed by atoms with E-state index in [1.807, 2.05) is 6.07 Å². The lowest BCUT2D eigenvalue weighted by Gasteiger charge is -2.11. The summed E-state index contributed by atoms with van der Waals surface area (Å²) in [5.74, 6) is -1.04. The van der Waals surface area contributed by atoms with Crippen molar-refractivity contribution < 1.29 is 9.90 Å². The molecule has 2 aromatic rings. The molecular formula is C14H10ClN3O2. The number of hydrogen-bond donors (Lipinski definition) is 3. The molecule has 20 heavy (non-hydrogen) atoms. The highest BCUT2D eigenvalue weighted by molar-refractivity contribution is 6.33. The van der Waals surface area contributed by atoms with Crippen molar-refractivity contribution in [3.05, 3.63) is 52.5 Å². The van der Waals surface area contributed by atoms with E-state index in [2.05, 4.69) is 5.32 Å². The SMILES string of the molecule is N#Cc1ccc(Nc2ccc(C(=O)O)cc2N)c(Cl)c1. The minimum atomic E-state index is -1.04. The first-order valence-electron chi connectivity index (χ1n) is 5.61. The molecule has 2 aromatic carbocycles. The first-order chi connectivity index (χ1) is 9.51. The molecule has 0 aromatic heterocycles. The van der Waals surface area contributed by atoms with Gasteiger partial charge in [0, 0.05) is 0 Å². The van der Waals surface area contributed by atoms with E-state index in [4.69, 9.17) is 27.7 Å². The maximum atomic E-state index is 10.8. The van der Waals surface area contributed by atoms with Crippen molar-refractivity contribution in [2.45, 2.75) is 0 Å². The van der Waals surface area contributed by atoms with Crippen LogP contribution in [0.25, 0.3) is 0 Å². The van der Waals surface area contributed by atoms with Crippen LogP contribution in [0.2, 0.25) is 5.02 Å². The zero-order chi connectivity index (χ0) is 14.7. The van der Waals surface area contributed by atoms with E-state index in [0.29, 0.717) is 27.6 Å². The monoisotopic (exact) mass is 287 g/mol. The number of nitrogens with two attached hydrogens (primary N) is 1. The molecule has 0 saturated heterocycles. The largest absolute Gasteiger partial charge is 0.478 e. The van der Waals surface area contributed by atoms with Crippen LogP contribution in [0.4, 0.5) is 17.1 Å². The molecule has 0 spiro atoms. The molecule has 0 bridgehead atoms. The lowest BCUT2D eigenvalue weighted by molar-refractivity contribution is 0.0697. The van der Waals surface area contributed by atoms with Gasteiger partial charge < -0.3 is 16.2 Å². The molecule has 2 rings (SSSR count). The van der Waals surface area contributed by atoms with E-state index in [1.165, 1.54) is 18.2 Å². The Morgan fingerprint density at radius 1 is 1.25 bits per heavy atom. The highest BCUT2D eigenvalue weighted by Crippen LogP contribution is 2.29. The molecule has 0 heterocycles. The number of rotatable bonds is 3. The van der Waals surface area contributed by atoms with Crippen molar-refractivity contribution >= 4 is 34.6 Å². The number of carboxylic acid groups (broad SMARTS) is 1. The van der Waals surface area contributed by atoms with E-state index in [9.17, 15) is 4.79 Å². The Balaban J connectivity index is 2.31. The van der Waals surface area contributed by atoms with E-state index in [0.717, 1.165) is 0 Å². The maximum Gasteiger partial charge on any atom is 0.335 e. The van der Waals surface area contributed by atoms with Crippen molar-refractivity contribution in [3.63, 3.8) is 0 Å². The van der Waals surface area contributed by atoms with Crippen molar-refractivity contribution in [2.24, 2.45) is 0 Å². The molecule has 0 aliphatic heterocycles. The second-order valence-electron chi connectivity index (χ2n) is 4.04. The van der Waals surface area contributed by atoms with Gasteiger partial charge in [-0.2, -0.15) is 5.26 Å². The molecule has 6 heteroatoms. The summed E-state index contributed by atoms with van der Waals surface area (Å²) >= 11 is 6.04. The summed E-state index contributed by atoms with van der Waals surface area (Å²) < 4.78 is 0. The third-order valence-corrected chi connectivity index (χ3v) is 2.98. The maximum absolute atomic E-state index is 10.8. The third-order valence-electron chi connectivity index (χ3n) is 2.67. The molecule has 0 aliphatic carbocycles. The van der Waals surface area contributed by atoms with Gasteiger partial charge in [0.2, 0.25) is 0 Å². The van der Waals surface area contributed by atoms with Crippen LogP contribution in [0.3, 0.4) is 0 Å². The van der Waals surface area contributed by atoms with Crippen LogP contribution in [0.15, 0.2) is 36.4 Å². The minimum Gasteiger partial charge on any atom is -0.478 e. The summed E-state index contributed by atoms with van der Waals surface area (Å²) in [6.07, 6.45) is 0. The number of anilines is 3. The Labute approximate surface area is 120 Å². The Bertz CT molecular complexity index is 723. The summed E-state index contributed by atoms with van der Waals surface area (Å²) in [4.78, 5) is 10.8. The second kappa shape index (κ2) is 5.51. The number of halogens is 1. The van der Waals surface area contributed by atoms with Gasteiger partial charge in [-0.25, -0.2) is 4.79 Å². The molecule has 0 fully saturated rings. The van der Waals surface area contributed by atoms with Crippen LogP contribution < -0.4 is 11.1 Å². The Kier molecular flexibility index (Phi) is 3.78. The lowest BCUT2D eigenvalue weighted by Crippen LogP contribution is -2.01. The predicted octanol–water partition coefficient (Wildman–Crippen LogP) is 3.24. The van der Waals surface area contributed by atoms with Gasteiger partial charge in [-0.05, 0) is 36.4 Å². The molecule has 0 aliphatic rings.